The normalized spacial score (nSPS) is 20.7. The van der Waals surface area contributed by atoms with Crippen LogP contribution >= 0.6 is 11.3 Å². The largest absolute Gasteiger partial charge is 0.387 e. The molecule has 1 unspecified atom stereocenters. The van der Waals surface area contributed by atoms with Gasteiger partial charge in [0.2, 0.25) is 0 Å². The van der Waals surface area contributed by atoms with Gasteiger partial charge in [0.25, 0.3) is 0 Å². The molecule has 4 rings (SSSR count). The monoisotopic (exact) mass is 343 g/mol. The van der Waals surface area contributed by atoms with Crippen LogP contribution in [0.1, 0.15) is 53.1 Å². The molecule has 2 aromatic heterocycles. The van der Waals surface area contributed by atoms with Gasteiger partial charge < -0.3 is 5.11 Å². The summed E-state index contributed by atoms with van der Waals surface area (Å²) < 4.78 is 0. The molecular formula is C19H25N3OS. The number of aliphatic hydroxyl groups excluding tert-OH is 1. The summed E-state index contributed by atoms with van der Waals surface area (Å²) in [6.07, 6.45) is 8.41. The van der Waals surface area contributed by atoms with E-state index in [4.69, 9.17) is 4.98 Å². The maximum absolute atomic E-state index is 10.5. The molecule has 2 aromatic rings. The Morgan fingerprint density at radius 3 is 2.79 bits per heavy atom. The van der Waals surface area contributed by atoms with Crippen LogP contribution in [-0.4, -0.2) is 33.1 Å². The molecule has 128 valence electrons. The van der Waals surface area contributed by atoms with E-state index in [1.165, 1.54) is 41.3 Å². The van der Waals surface area contributed by atoms with Gasteiger partial charge in [0.15, 0.2) is 0 Å². The second kappa shape index (κ2) is 7.30. The third-order valence-corrected chi connectivity index (χ3v) is 6.46. The van der Waals surface area contributed by atoms with E-state index in [1.54, 1.807) is 6.20 Å². The predicted molar refractivity (Wildman–Crippen MR) is 96.0 cm³/mol. The zero-order valence-electron chi connectivity index (χ0n) is 14.0. The standard InChI is InChI=1S/C19H25N3OS/c23-19(16-6-3-4-10-20-16)14-8-11-22(12-9-14)13-18-21-15-5-1-2-7-17(15)24-18/h3-4,6,10,14,19,23H,1-2,5,7-9,11-13H2. The molecule has 3 heterocycles. The second-order valence-electron chi connectivity index (χ2n) is 7.00. The van der Waals surface area contributed by atoms with Crippen LogP contribution in [-0.2, 0) is 19.4 Å². The van der Waals surface area contributed by atoms with Gasteiger partial charge in [-0.3, -0.25) is 9.88 Å². The van der Waals surface area contributed by atoms with Crippen molar-refractivity contribution in [3.8, 4) is 0 Å². The van der Waals surface area contributed by atoms with Gasteiger partial charge in [0, 0.05) is 11.1 Å². The van der Waals surface area contributed by atoms with E-state index in [0.717, 1.165) is 38.2 Å². The molecule has 5 heteroatoms. The number of pyridine rings is 1. The summed E-state index contributed by atoms with van der Waals surface area (Å²) >= 11 is 1.92. The van der Waals surface area contributed by atoms with Crippen LogP contribution in [0.15, 0.2) is 24.4 Å². The third kappa shape index (κ3) is 3.53. The van der Waals surface area contributed by atoms with E-state index in [9.17, 15) is 5.11 Å². The second-order valence-corrected chi connectivity index (χ2v) is 8.17. The zero-order valence-corrected chi connectivity index (χ0v) is 14.8. The number of piperidine rings is 1. The molecular weight excluding hydrogens is 318 g/mol. The van der Waals surface area contributed by atoms with Crippen LogP contribution in [0.4, 0.5) is 0 Å². The lowest BCUT2D eigenvalue weighted by Crippen LogP contribution is -2.35. The number of hydrogen-bond donors (Lipinski definition) is 1. The first-order chi connectivity index (χ1) is 11.8. The molecule has 0 aromatic carbocycles. The van der Waals surface area contributed by atoms with Crippen molar-refractivity contribution in [3.05, 3.63) is 45.7 Å². The first-order valence-corrected chi connectivity index (χ1v) is 9.90. The van der Waals surface area contributed by atoms with Gasteiger partial charge in [-0.2, -0.15) is 0 Å². The number of aryl methyl sites for hydroxylation is 2. The molecule has 0 bridgehead atoms. The average molecular weight is 343 g/mol. The summed E-state index contributed by atoms with van der Waals surface area (Å²) in [4.78, 5) is 13.2. The van der Waals surface area contributed by atoms with Crippen molar-refractivity contribution in [2.75, 3.05) is 13.1 Å². The topological polar surface area (TPSA) is 49.3 Å². The number of nitrogens with zero attached hydrogens (tertiary/aromatic N) is 3. The van der Waals surface area contributed by atoms with Crippen molar-refractivity contribution in [2.24, 2.45) is 5.92 Å². The Bertz CT molecular complexity index is 641. The molecule has 0 radical (unpaired) electrons. The van der Waals surface area contributed by atoms with Crippen LogP contribution in [0.2, 0.25) is 0 Å². The summed E-state index contributed by atoms with van der Waals surface area (Å²) in [6, 6.07) is 5.77. The minimum absolute atomic E-state index is 0.320. The number of likely N-dealkylation sites (tertiary alicyclic amines) is 1. The fourth-order valence-corrected chi connectivity index (χ4v) is 5.08. The summed E-state index contributed by atoms with van der Waals surface area (Å²) in [5, 5.41) is 11.8. The zero-order chi connectivity index (χ0) is 16.4. The van der Waals surface area contributed by atoms with Crippen LogP contribution in [0.3, 0.4) is 0 Å². The fourth-order valence-electron chi connectivity index (χ4n) is 3.88. The maximum atomic E-state index is 10.5. The quantitative estimate of drug-likeness (QED) is 0.925. The molecule has 2 aliphatic rings. The Hall–Kier alpha value is -1.30. The van der Waals surface area contributed by atoms with Crippen LogP contribution in [0, 0.1) is 5.92 Å². The summed E-state index contributed by atoms with van der Waals surface area (Å²) in [6.45, 7) is 3.06. The van der Waals surface area contributed by atoms with E-state index in [1.807, 2.05) is 29.5 Å². The maximum Gasteiger partial charge on any atom is 0.107 e. The Morgan fingerprint density at radius 1 is 1.21 bits per heavy atom. The summed E-state index contributed by atoms with van der Waals surface area (Å²) in [5.41, 5.74) is 2.17. The molecule has 0 saturated carbocycles. The van der Waals surface area contributed by atoms with E-state index < -0.39 is 6.10 Å². The minimum atomic E-state index is -0.430. The molecule has 0 amide bonds. The van der Waals surface area contributed by atoms with Gasteiger partial charge in [-0.1, -0.05) is 6.07 Å². The lowest BCUT2D eigenvalue weighted by atomic mass is 9.89. The Balaban J connectivity index is 1.32. The molecule has 0 spiro atoms. The van der Waals surface area contributed by atoms with E-state index in [0.29, 0.717) is 5.92 Å². The number of thiazole rings is 1. The Kier molecular flexibility index (Phi) is 4.92. The average Bonchev–Trinajstić information content (AvgIpc) is 3.05. The third-order valence-electron chi connectivity index (χ3n) is 5.32. The molecule has 1 N–H and O–H groups in total. The van der Waals surface area contributed by atoms with Gasteiger partial charge in [-0.25, -0.2) is 4.98 Å². The van der Waals surface area contributed by atoms with Crippen LogP contribution < -0.4 is 0 Å². The molecule has 4 nitrogen and oxygen atoms in total. The lowest BCUT2D eigenvalue weighted by molar-refractivity contribution is 0.0539. The van der Waals surface area contributed by atoms with Gasteiger partial charge >= 0.3 is 0 Å². The first-order valence-electron chi connectivity index (χ1n) is 9.08. The van der Waals surface area contributed by atoms with Crippen molar-refractivity contribution in [2.45, 2.75) is 51.2 Å². The predicted octanol–water partition coefficient (Wildman–Crippen LogP) is 3.36. The van der Waals surface area contributed by atoms with Crippen molar-refractivity contribution >= 4 is 11.3 Å². The van der Waals surface area contributed by atoms with E-state index in [-0.39, 0.29) is 0 Å². The van der Waals surface area contributed by atoms with Crippen molar-refractivity contribution in [3.63, 3.8) is 0 Å². The highest BCUT2D eigenvalue weighted by Crippen LogP contribution is 2.31. The molecule has 1 saturated heterocycles. The lowest BCUT2D eigenvalue weighted by Gasteiger charge is -2.33. The highest BCUT2D eigenvalue weighted by atomic mass is 32.1. The van der Waals surface area contributed by atoms with Gasteiger partial charge in [0.1, 0.15) is 5.01 Å². The van der Waals surface area contributed by atoms with Crippen LogP contribution in [0.5, 0.6) is 0 Å². The summed E-state index contributed by atoms with van der Waals surface area (Å²) in [7, 11) is 0. The molecule has 1 atom stereocenters. The molecule has 1 aliphatic heterocycles. The Morgan fingerprint density at radius 2 is 2.04 bits per heavy atom. The van der Waals surface area contributed by atoms with Crippen LogP contribution in [0.25, 0.3) is 0 Å². The smallest absolute Gasteiger partial charge is 0.107 e. The van der Waals surface area contributed by atoms with Crippen molar-refractivity contribution in [1.82, 2.24) is 14.9 Å². The number of rotatable bonds is 4. The number of fused-ring (bicyclic) bond motifs is 1. The fraction of sp³-hybridized carbons (Fsp3) is 0.579. The number of hydrogen-bond acceptors (Lipinski definition) is 5. The SMILES string of the molecule is OC(c1ccccn1)C1CCN(Cc2nc3c(s2)CCCC3)CC1. The summed E-state index contributed by atoms with van der Waals surface area (Å²) in [5.74, 6) is 0.320. The molecule has 1 fully saturated rings. The van der Waals surface area contributed by atoms with Gasteiger partial charge in [0.05, 0.1) is 24.0 Å². The Labute approximate surface area is 147 Å². The number of aromatic nitrogens is 2. The minimum Gasteiger partial charge on any atom is -0.387 e. The highest BCUT2D eigenvalue weighted by Gasteiger charge is 2.27. The van der Waals surface area contributed by atoms with Gasteiger partial charge in [-0.15, -0.1) is 11.3 Å². The first kappa shape index (κ1) is 16.2. The highest BCUT2D eigenvalue weighted by molar-refractivity contribution is 7.11. The van der Waals surface area contributed by atoms with Gasteiger partial charge in [-0.05, 0) is 69.7 Å². The molecule has 24 heavy (non-hydrogen) atoms. The van der Waals surface area contributed by atoms with Crippen molar-refractivity contribution < 1.29 is 5.11 Å². The van der Waals surface area contributed by atoms with Crippen molar-refractivity contribution in [1.29, 1.82) is 0 Å². The number of aliphatic hydroxyl groups is 1. The van der Waals surface area contributed by atoms with E-state index in [2.05, 4.69) is 9.88 Å². The molecule has 1 aliphatic carbocycles. The van der Waals surface area contributed by atoms with E-state index >= 15 is 0 Å².